The summed E-state index contributed by atoms with van der Waals surface area (Å²) in [4.78, 5) is 0.272. The van der Waals surface area contributed by atoms with Crippen LogP contribution >= 0.6 is 11.6 Å². The maximum Gasteiger partial charge on any atom is 0.262 e. The molecular formula is C15H16ClNO2S. The van der Waals surface area contributed by atoms with Crippen LogP contribution in [-0.2, 0) is 10.0 Å². The minimum absolute atomic E-state index is 0.272. The standard InChI is InChI=1S/C15H16ClNO2S/c1-10-5-7-14(13(16)8-10)17-20(18,19)15-9-11(2)4-6-12(15)3/h4-9,17H,1-3H3. The molecule has 0 unspecified atom stereocenters. The smallest absolute Gasteiger partial charge is 0.262 e. The van der Waals surface area contributed by atoms with Gasteiger partial charge in [-0.2, -0.15) is 0 Å². The highest BCUT2D eigenvalue weighted by Crippen LogP contribution is 2.26. The van der Waals surface area contributed by atoms with Gasteiger partial charge < -0.3 is 0 Å². The molecule has 0 bridgehead atoms. The molecule has 0 spiro atoms. The van der Waals surface area contributed by atoms with Crippen molar-refractivity contribution in [3.8, 4) is 0 Å². The SMILES string of the molecule is Cc1ccc(NS(=O)(=O)c2cc(C)ccc2C)c(Cl)c1. The predicted octanol–water partition coefficient (Wildman–Crippen LogP) is 4.07. The number of rotatable bonds is 3. The second-order valence-electron chi connectivity index (χ2n) is 4.86. The molecular weight excluding hydrogens is 294 g/mol. The highest BCUT2D eigenvalue weighted by Gasteiger charge is 2.18. The number of halogens is 1. The Morgan fingerprint density at radius 2 is 1.55 bits per heavy atom. The summed E-state index contributed by atoms with van der Waals surface area (Å²) in [7, 11) is -3.64. The van der Waals surface area contributed by atoms with E-state index in [2.05, 4.69) is 4.72 Å². The van der Waals surface area contributed by atoms with Gasteiger partial charge in [0.05, 0.1) is 15.6 Å². The molecule has 0 amide bonds. The van der Waals surface area contributed by atoms with E-state index in [1.807, 2.05) is 26.0 Å². The summed E-state index contributed by atoms with van der Waals surface area (Å²) < 4.78 is 27.4. The Morgan fingerprint density at radius 1 is 0.950 bits per heavy atom. The number of hydrogen-bond donors (Lipinski definition) is 1. The summed E-state index contributed by atoms with van der Waals surface area (Å²) in [5.41, 5.74) is 2.96. The molecule has 106 valence electrons. The van der Waals surface area contributed by atoms with E-state index in [1.54, 1.807) is 31.2 Å². The molecule has 0 aliphatic rings. The van der Waals surface area contributed by atoms with Crippen molar-refractivity contribution >= 4 is 27.3 Å². The van der Waals surface area contributed by atoms with Crippen molar-refractivity contribution < 1.29 is 8.42 Å². The van der Waals surface area contributed by atoms with Crippen LogP contribution in [0, 0.1) is 20.8 Å². The van der Waals surface area contributed by atoms with E-state index in [0.717, 1.165) is 11.1 Å². The quantitative estimate of drug-likeness (QED) is 0.929. The van der Waals surface area contributed by atoms with Gasteiger partial charge in [0.1, 0.15) is 0 Å². The van der Waals surface area contributed by atoms with E-state index in [-0.39, 0.29) is 4.90 Å². The van der Waals surface area contributed by atoms with Gasteiger partial charge in [-0.3, -0.25) is 4.72 Å². The van der Waals surface area contributed by atoms with Gasteiger partial charge in [0.2, 0.25) is 0 Å². The third-order valence-corrected chi connectivity index (χ3v) is 4.82. The lowest BCUT2D eigenvalue weighted by molar-refractivity contribution is 0.600. The van der Waals surface area contributed by atoms with Crippen LogP contribution in [-0.4, -0.2) is 8.42 Å². The van der Waals surface area contributed by atoms with E-state index >= 15 is 0 Å². The minimum Gasteiger partial charge on any atom is -0.278 e. The normalized spacial score (nSPS) is 11.4. The van der Waals surface area contributed by atoms with Gasteiger partial charge in [0.25, 0.3) is 10.0 Å². The van der Waals surface area contributed by atoms with E-state index in [1.165, 1.54) is 0 Å². The lowest BCUT2D eigenvalue weighted by atomic mass is 10.2. The summed E-state index contributed by atoms with van der Waals surface area (Å²) in [6, 6.07) is 10.5. The van der Waals surface area contributed by atoms with E-state index in [4.69, 9.17) is 11.6 Å². The number of nitrogens with one attached hydrogen (secondary N) is 1. The van der Waals surface area contributed by atoms with Crippen LogP contribution < -0.4 is 4.72 Å². The first-order chi connectivity index (χ1) is 9.29. The van der Waals surface area contributed by atoms with Gasteiger partial charge >= 0.3 is 0 Å². The Hall–Kier alpha value is -1.52. The van der Waals surface area contributed by atoms with Crippen molar-refractivity contribution in [3.05, 3.63) is 58.1 Å². The molecule has 1 N–H and O–H groups in total. The molecule has 0 aliphatic heterocycles. The predicted molar refractivity (Wildman–Crippen MR) is 82.9 cm³/mol. The number of sulfonamides is 1. The third-order valence-electron chi connectivity index (χ3n) is 3.00. The molecule has 0 heterocycles. The molecule has 20 heavy (non-hydrogen) atoms. The molecule has 2 rings (SSSR count). The van der Waals surface area contributed by atoms with Crippen molar-refractivity contribution in [2.45, 2.75) is 25.7 Å². The molecule has 2 aromatic rings. The van der Waals surface area contributed by atoms with Crippen molar-refractivity contribution in [1.29, 1.82) is 0 Å². The Labute approximate surface area is 124 Å². The fraction of sp³-hybridized carbons (Fsp3) is 0.200. The third kappa shape index (κ3) is 3.14. The fourth-order valence-corrected chi connectivity index (χ4v) is 3.65. The second-order valence-corrected chi connectivity index (χ2v) is 6.92. The van der Waals surface area contributed by atoms with Crippen LogP contribution in [0.4, 0.5) is 5.69 Å². The lowest BCUT2D eigenvalue weighted by Gasteiger charge is -2.12. The average Bonchev–Trinajstić information content (AvgIpc) is 2.35. The van der Waals surface area contributed by atoms with Crippen LogP contribution in [0.5, 0.6) is 0 Å². The Morgan fingerprint density at radius 3 is 2.20 bits per heavy atom. The summed E-state index contributed by atoms with van der Waals surface area (Å²) in [6.45, 7) is 5.52. The van der Waals surface area contributed by atoms with E-state index in [9.17, 15) is 8.42 Å². The van der Waals surface area contributed by atoms with Gasteiger partial charge in [-0.1, -0.05) is 29.8 Å². The van der Waals surface area contributed by atoms with Crippen LogP contribution in [0.1, 0.15) is 16.7 Å². The molecule has 0 radical (unpaired) electrons. The zero-order valence-electron chi connectivity index (χ0n) is 11.6. The van der Waals surface area contributed by atoms with Crippen molar-refractivity contribution in [2.24, 2.45) is 0 Å². The minimum atomic E-state index is -3.64. The summed E-state index contributed by atoms with van der Waals surface area (Å²) in [5.74, 6) is 0. The molecule has 2 aromatic carbocycles. The van der Waals surface area contributed by atoms with E-state index in [0.29, 0.717) is 16.3 Å². The highest BCUT2D eigenvalue weighted by atomic mass is 35.5. The average molecular weight is 310 g/mol. The first-order valence-corrected chi connectivity index (χ1v) is 8.02. The van der Waals surface area contributed by atoms with Crippen LogP contribution in [0.15, 0.2) is 41.3 Å². The highest BCUT2D eigenvalue weighted by molar-refractivity contribution is 7.92. The Kier molecular flexibility index (Phi) is 4.06. The zero-order valence-corrected chi connectivity index (χ0v) is 13.1. The molecule has 0 saturated heterocycles. The maximum atomic E-state index is 12.4. The van der Waals surface area contributed by atoms with Gasteiger partial charge in [-0.15, -0.1) is 0 Å². The van der Waals surface area contributed by atoms with E-state index < -0.39 is 10.0 Å². The monoisotopic (exact) mass is 309 g/mol. The maximum absolute atomic E-state index is 12.4. The largest absolute Gasteiger partial charge is 0.278 e. The first-order valence-electron chi connectivity index (χ1n) is 6.16. The van der Waals surface area contributed by atoms with Crippen molar-refractivity contribution in [2.75, 3.05) is 4.72 Å². The van der Waals surface area contributed by atoms with Gasteiger partial charge in [-0.25, -0.2) is 8.42 Å². The summed E-state index contributed by atoms with van der Waals surface area (Å²) in [6.07, 6.45) is 0. The van der Waals surface area contributed by atoms with Gasteiger partial charge in [-0.05, 0) is 55.7 Å². The Balaban J connectivity index is 2.43. The number of benzene rings is 2. The fourth-order valence-electron chi connectivity index (χ4n) is 1.90. The molecule has 0 fully saturated rings. The van der Waals surface area contributed by atoms with Crippen molar-refractivity contribution in [1.82, 2.24) is 0 Å². The number of aryl methyl sites for hydroxylation is 3. The summed E-state index contributed by atoms with van der Waals surface area (Å²) >= 11 is 6.07. The molecule has 0 aliphatic carbocycles. The number of hydrogen-bond acceptors (Lipinski definition) is 2. The topological polar surface area (TPSA) is 46.2 Å². The lowest BCUT2D eigenvalue weighted by Crippen LogP contribution is -2.14. The van der Waals surface area contributed by atoms with Gasteiger partial charge in [0, 0.05) is 0 Å². The molecule has 5 heteroatoms. The Bertz CT molecular complexity index is 754. The molecule has 0 atom stereocenters. The second kappa shape index (κ2) is 5.46. The molecule has 0 aromatic heterocycles. The van der Waals surface area contributed by atoms with Crippen LogP contribution in [0.2, 0.25) is 5.02 Å². The number of anilines is 1. The van der Waals surface area contributed by atoms with Gasteiger partial charge in [0.15, 0.2) is 0 Å². The first kappa shape index (κ1) is 14.9. The molecule has 3 nitrogen and oxygen atoms in total. The molecule has 0 saturated carbocycles. The van der Waals surface area contributed by atoms with Crippen LogP contribution in [0.25, 0.3) is 0 Å². The van der Waals surface area contributed by atoms with Crippen LogP contribution in [0.3, 0.4) is 0 Å². The zero-order chi connectivity index (χ0) is 14.9. The summed E-state index contributed by atoms with van der Waals surface area (Å²) in [5, 5.41) is 0.388. The van der Waals surface area contributed by atoms with Crippen molar-refractivity contribution in [3.63, 3.8) is 0 Å².